The lowest BCUT2D eigenvalue weighted by atomic mass is 9.96. The third kappa shape index (κ3) is 3.49. The smallest absolute Gasteiger partial charge is 0.336 e. The Kier molecular flexibility index (Phi) is 5.06. The second-order valence-corrected chi connectivity index (χ2v) is 7.95. The molecule has 3 heterocycles. The van der Waals surface area contributed by atoms with Gasteiger partial charge in [0.05, 0.1) is 11.2 Å². The second-order valence-electron chi connectivity index (χ2n) is 7.04. The van der Waals surface area contributed by atoms with Crippen molar-refractivity contribution < 1.29 is 9.59 Å². The van der Waals surface area contributed by atoms with Crippen LogP contribution in [0.25, 0.3) is 15.9 Å². The summed E-state index contributed by atoms with van der Waals surface area (Å²) in [5, 5.41) is 1.74. The molecule has 9 heteroatoms. The van der Waals surface area contributed by atoms with Crippen LogP contribution in [-0.4, -0.2) is 38.9 Å². The van der Waals surface area contributed by atoms with Gasteiger partial charge < -0.3 is 10.6 Å². The molecule has 0 radical (unpaired) electrons. The minimum atomic E-state index is -0.549. The Morgan fingerprint density at radius 1 is 1.07 bits per heavy atom. The van der Waals surface area contributed by atoms with Gasteiger partial charge in [0.2, 0.25) is 11.8 Å². The van der Waals surface area contributed by atoms with Crippen molar-refractivity contribution in [3.05, 3.63) is 62.6 Å². The van der Waals surface area contributed by atoms with Gasteiger partial charge in [-0.25, -0.2) is 9.36 Å². The summed E-state index contributed by atoms with van der Waals surface area (Å²) in [5.41, 5.74) is 5.33. The molecule has 29 heavy (non-hydrogen) atoms. The van der Waals surface area contributed by atoms with Gasteiger partial charge in [0.25, 0.3) is 5.56 Å². The molecule has 0 aliphatic carbocycles. The van der Waals surface area contributed by atoms with Gasteiger partial charge in [-0.2, -0.15) is 0 Å². The minimum Gasteiger partial charge on any atom is -0.369 e. The molecule has 0 unspecified atom stereocenters. The molecule has 1 saturated heterocycles. The van der Waals surface area contributed by atoms with Gasteiger partial charge in [0.1, 0.15) is 11.2 Å². The van der Waals surface area contributed by atoms with E-state index in [9.17, 15) is 19.2 Å². The molecule has 150 valence electrons. The third-order valence-corrected chi connectivity index (χ3v) is 6.20. The number of carbonyl (C=O) groups is 2. The molecule has 1 aromatic carbocycles. The number of primary amides is 1. The average molecular weight is 412 g/mol. The lowest BCUT2D eigenvalue weighted by Crippen LogP contribution is -2.45. The number of benzene rings is 1. The number of hydrogen-bond donors (Lipinski definition) is 1. The van der Waals surface area contributed by atoms with Crippen molar-refractivity contribution in [1.29, 1.82) is 0 Å². The molecule has 8 nitrogen and oxygen atoms in total. The molecule has 0 saturated carbocycles. The summed E-state index contributed by atoms with van der Waals surface area (Å²) >= 11 is 1.24. The number of piperidine rings is 1. The molecule has 2 aromatic heterocycles. The Balaban J connectivity index is 1.70. The van der Waals surface area contributed by atoms with Crippen LogP contribution >= 0.6 is 11.3 Å². The Bertz CT molecular complexity index is 1190. The quantitative estimate of drug-likeness (QED) is 0.688. The van der Waals surface area contributed by atoms with Gasteiger partial charge in [-0.05, 0) is 36.4 Å². The molecule has 2 amide bonds. The summed E-state index contributed by atoms with van der Waals surface area (Å²) in [5.74, 6) is -0.783. The first-order chi connectivity index (χ1) is 14.0. The van der Waals surface area contributed by atoms with Crippen molar-refractivity contribution in [2.24, 2.45) is 11.7 Å². The molecular weight excluding hydrogens is 392 g/mol. The maximum absolute atomic E-state index is 13.2. The third-order valence-electron chi connectivity index (χ3n) is 5.31. The Morgan fingerprint density at radius 2 is 1.76 bits per heavy atom. The predicted molar refractivity (Wildman–Crippen MR) is 110 cm³/mol. The molecule has 0 spiro atoms. The number of fused-ring (bicyclic) bond motifs is 1. The molecule has 1 aliphatic heterocycles. The second kappa shape index (κ2) is 7.67. The van der Waals surface area contributed by atoms with Crippen molar-refractivity contribution >= 4 is 33.4 Å². The lowest BCUT2D eigenvalue weighted by molar-refractivity contribution is -0.135. The summed E-state index contributed by atoms with van der Waals surface area (Å²) < 4.78 is 2.88. The summed E-state index contributed by atoms with van der Waals surface area (Å²) in [7, 11) is 0. The van der Waals surface area contributed by atoms with E-state index in [1.807, 2.05) is 0 Å². The van der Waals surface area contributed by atoms with Crippen LogP contribution in [0.1, 0.15) is 12.8 Å². The minimum absolute atomic E-state index is 0.166. The highest BCUT2D eigenvalue weighted by Gasteiger charge is 2.27. The zero-order valence-electron chi connectivity index (χ0n) is 15.6. The van der Waals surface area contributed by atoms with E-state index < -0.39 is 11.2 Å². The highest BCUT2D eigenvalue weighted by molar-refractivity contribution is 7.17. The number of rotatable bonds is 4. The SMILES string of the molecule is NC(=O)C1CCN(C(=O)Cn2c(=O)n(-c3ccccc3)c(=O)c3sccc32)CC1. The van der Waals surface area contributed by atoms with Gasteiger partial charge in [-0.15, -0.1) is 11.3 Å². The summed E-state index contributed by atoms with van der Waals surface area (Å²) in [6.45, 7) is 0.680. The standard InChI is InChI=1S/C20H20N4O4S/c21-18(26)13-6-9-22(10-7-13)16(25)12-23-15-8-11-29-17(15)19(27)24(20(23)28)14-4-2-1-3-5-14/h1-5,8,11,13H,6-7,9-10,12H2,(H2,21,26). The van der Waals surface area contributed by atoms with Crippen molar-refractivity contribution in [2.45, 2.75) is 19.4 Å². The van der Waals surface area contributed by atoms with E-state index in [2.05, 4.69) is 0 Å². The molecule has 1 aliphatic rings. The number of likely N-dealkylation sites (tertiary alicyclic amines) is 1. The highest BCUT2D eigenvalue weighted by atomic mass is 32.1. The van der Waals surface area contributed by atoms with Crippen LogP contribution in [0.15, 0.2) is 51.4 Å². The molecule has 1 fully saturated rings. The first-order valence-corrected chi connectivity index (χ1v) is 10.2. The maximum atomic E-state index is 13.2. The van der Waals surface area contributed by atoms with Crippen LogP contribution in [0.4, 0.5) is 0 Å². The number of nitrogens with zero attached hydrogens (tertiary/aromatic N) is 3. The van der Waals surface area contributed by atoms with E-state index in [0.29, 0.717) is 41.8 Å². The number of amides is 2. The monoisotopic (exact) mass is 412 g/mol. The van der Waals surface area contributed by atoms with E-state index in [1.54, 1.807) is 46.7 Å². The molecule has 3 aromatic rings. The summed E-state index contributed by atoms with van der Waals surface area (Å²) in [6.07, 6.45) is 1.04. The van der Waals surface area contributed by atoms with Crippen molar-refractivity contribution in [3.63, 3.8) is 0 Å². The molecule has 0 bridgehead atoms. The maximum Gasteiger partial charge on any atom is 0.336 e. The number of carbonyl (C=O) groups excluding carboxylic acids is 2. The Morgan fingerprint density at radius 3 is 2.41 bits per heavy atom. The number of nitrogens with two attached hydrogens (primary N) is 1. The number of aromatic nitrogens is 2. The molecular formula is C20H20N4O4S. The highest BCUT2D eigenvalue weighted by Crippen LogP contribution is 2.19. The van der Waals surface area contributed by atoms with E-state index in [0.717, 1.165) is 4.57 Å². The van der Waals surface area contributed by atoms with Gasteiger partial charge in [-0.1, -0.05) is 18.2 Å². The first-order valence-electron chi connectivity index (χ1n) is 9.33. The number of hydrogen-bond acceptors (Lipinski definition) is 5. The van der Waals surface area contributed by atoms with E-state index in [-0.39, 0.29) is 24.3 Å². The van der Waals surface area contributed by atoms with E-state index >= 15 is 0 Å². The van der Waals surface area contributed by atoms with Gasteiger partial charge in [0, 0.05) is 19.0 Å². The molecule has 0 atom stereocenters. The van der Waals surface area contributed by atoms with Crippen LogP contribution < -0.4 is 17.0 Å². The fourth-order valence-electron chi connectivity index (χ4n) is 3.69. The fourth-order valence-corrected chi connectivity index (χ4v) is 4.52. The lowest BCUT2D eigenvalue weighted by Gasteiger charge is -2.30. The van der Waals surface area contributed by atoms with Crippen LogP contribution in [0, 0.1) is 5.92 Å². The summed E-state index contributed by atoms with van der Waals surface area (Å²) in [6, 6.07) is 10.4. The summed E-state index contributed by atoms with van der Waals surface area (Å²) in [4.78, 5) is 51.9. The van der Waals surface area contributed by atoms with E-state index in [1.165, 1.54) is 15.9 Å². The van der Waals surface area contributed by atoms with Crippen molar-refractivity contribution in [3.8, 4) is 5.69 Å². The van der Waals surface area contributed by atoms with Gasteiger partial charge >= 0.3 is 5.69 Å². The van der Waals surface area contributed by atoms with Crippen LogP contribution in [0.3, 0.4) is 0 Å². The normalized spacial score (nSPS) is 15.0. The van der Waals surface area contributed by atoms with Gasteiger partial charge in [-0.3, -0.25) is 19.0 Å². The number of para-hydroxylation sites is 1. The zero-order chi connectivity index (χ0) is 20.5. The Labute approximate surface area is 169 Å². The Hall–Kier alpha value is -3.20. The van der Waals surface area contributed by atoms with E-state index in [4.69, 9.17) is 5.73 Å². The van der Waals surface area contributed by atoms with Crippen molar-refractivity contribution in [2.75, 3.05) is 13.1 Å². The molecule has 4 rings (SSSR count). The largest absolute Gasteiger partial charge is 0.369 e. The van der Waals surface area contributed by atoms with Crippen LogP contribution in [0.2, 0.25) is 0 Å². The topological polar surface area (TPSA) is 107 Å². The average Bonchev–Trinajstić information content (AvgIpc) is 3.22. The van der Waals surface area contributed by atoms with Crippen LogP contribution in [-0.2, 0) is 16.1 Å². The van der Waals surface area contributed by atoms with Crippen LogP contribution in [0.5, 0.6) is 0 Å². The zero-order valence-corrected chi connectivity index (χ0v) is 16.4. The van der Waals surface area contributed by atoms with Crippen molar-refractivity contribution in [1.82, 2.24) is 14.0 Å². The predicted octanol–water partition coefficient (Wildman–Crippen LogP) is 0.938. The van der Waals surface area contributed by atoms with Gasteiger partial charge in [0.15, 0.2) is 0 Å². The molecule has 2 N–H and O–H groups in total. The first kappa shape index (κ1) is 19.1. The fraction of sp³-hybridized carbons (Fsp3) is 0.300. The number of thiophene rings is 1.